The highest BCUT2D eigenvalue weighted by Crippen LogP contribution is 2.26. The van der Waals surface area contributed by atoms with Crippen LogP contribution in [0.4, 0.5) is 5.69 Å². The first-order chi connectivity index (χ1) is 19.3. The number of amides is 2. The van der Waals surface area contributed by atoms with E-state index in [1.54, 1.807) is 30.3 Å². The lowest BCUT2D eigenvalue weighted by Crippen LogP contribution is -2.53. The topological polar surface area (TPSA) is 86.8 Å². The molecular formula is C32H40ClN3O4S. The molecule has 0 aliphatic rings. The zero-order valence-electron chi connectivity index (χ0n) is 24.4. The summed E-state index contributed by atoms with van der Waals surface area (Å²) in [5, 5.41) is 3.43. The Balaban J connectivity index is 2.04. The first kappa shape index (κ1) is 32.2. The molecule has 0 spiro atoms. The highest BCUT2D eigenvalue weighted by atomic mass is 35.5. The van der Waals surface area contributed by atoms with Gasteiger partial charge in [-0.15, -0.1) is 0 Å². The third kappa shape index (κ3) is 9.33. The Labute approximate surface area is 249 Å². The number of rotatable bonds is 12. The first-order valence-electron chi connectivity index (χ1n) is 13.7. The van der Waals surface area contributed by atoms with Crippen molar-refractivity contribution in [1.29, 1.82) is 0 Å². The van der Waals surface area contributed by atoms with E-state index in [4.69, 9.17) is 11.6 Å². The number of sulfonamides is 1. The van der Waals surface area contributed by atoms with Crippen molar-refractivity contribution in [2.75, 3.05) is 23.7 Å². The van der Waals surface area contributed by atoms with Gasteiger partial charge in [0.2, 0.25) is 21.8 Å². The maximum atomic E-state index is 14.1. The molecule has 0 unspecified atom stereocenters. The molecule has 3 aromatic rings. The van der Waals surface area contributed by atoms with E-state index in [1.807, 2.05) is 55.5 Å². The van der Waals surface area contributed by atoms with Crippen LogP contribution in [0.3, 0.4) is 0 Å². The van der Waals surface area contributed by atoms with E-state index in [1.165, 1.54) is 4.90 Å². The van der Waals surface area contributed by atoms with Gasteiger partial charge in [-0.05, 0) is 52.8 Å². The molecule has 0 aliphatic heterocycles. The van der Waals surface area contributed by atoms with E-state index >= 15 is 0 Å². The minimum Gasteiger partial charge on any atom is -0.354 e. The van der Waals surface area contributed by atoms with Crippen molar-refractivity contribution in [2.45, 2.75) is 58.5 Å². The average Bonchev–Trinajstić information content (AvgIpc) is 2.91. The van der Waals surface area contributed by atoms with Crippen LogP contribution in [0, 0.1) is 0 Å². The SMILES string of the molecule is CCCNC(=O)[C@H](Cc1ccccc1)N(Cc1cccc(Cl)c1)C(=O)CN(c1ccc(C(C)(C)C)cc1)S(C)(=O)=O. The van der Waals surface area contributed by atoms with E-state index in [0.717, 1.165) is 33.7 Å². The Morgan fingerprint density at radius 2 is 1.56 bits per heavy atom. The van der Waals surface area contributed by atoms with Gasteiger partial charge in [-0.2, -0.15) is 0 Å². The van der Waals surface area contributed by atoms with Gasteiger partial charge in [0.25, 0.3) is 0 Å². The summed E-state index contributed by atoms with van der Waals surface area (Å²) in [6, 6.07) is 22.8. The van der Waals surface area contributed by atoms with E-state index in [0.29, 0.717) is 17.3 Å². The molecule has 0 fully saturated rings. The quantitative estimate of drug-likeness (QED) is 0.296. The molecule has 3 aromatic carbocycles. The smallest absolute Gasteiger partial charge is 0.244 e. The summed E-state index contributed by atoms with van der Waals surface area (Å²) < 4.78 is 27.0. The average molecular weight is 598 g/mol. The summed E-state index contributed by atoms with van der Waals surface area (Å²) in [6.45, 7) is 8.25. The lowest BCUT2D eigenvalue weighted by Gasteiger charge is -2.33. The Bertz CT molecular complexity index is 1420. The van der Waals surface area contributed by atoms with Crippen molar-refractivity contribution < 1.29 is 18.0 Å². The van der Waals surface area contributed by atoms with Gasteiger partial charge >= 0.3 is 0 Å². The molecule has 0 saturated heterocycles. The molecule has 220 valence electrons. The molecule has 7 nitrogen and oxygen atoms in total. The predicted molar refractivity (Wildman–Crippen MR) is 167 cm³/mol. The van der Waals surface area contributed by atoms with Gasteiger partial charge < -0.3 is 10.2 Å². The molecule has 1 N–H and O–H groups in total. The van der Waals surface area contributed by atoms with Crippen LogP contribution in [0.15, 0.2) is 78.9 Å². The fraction of sp³-hybridized carbons (Fsp3) is 0.375. The van der Waals surface area contributed by atoms with Crippen LogP contribution < -0.4 is 9.62 Å². The number of halogens is 1. The molecule has 1 atom stereocenters. The standard InChI is InChI=1S/C32H40ClN3O4S/c1-6-19-34-31(38)29(21-24-11-8-7-9-12-24)35(22-25-13-10-14-27(33)20-25)30(37)23-36(41(5,39)40)28-17-15-26(16-18-28)32(2,3)4/h7-18,20,29H,6,19,21-23H2,1-5H3,(H,34,38)/t29-/m0/s1. The number of hydrogen-bond donors (Lipinski definition) is 1. The Kier molecular flexibility index (Phi) is 11.0. The van der Waals surface area contributed by atoms with Gasteiger partial charge in [-0.1, -0.05) is 93.9 Å². The molecule has 2 amide bonds. The number of hydrogen-bond acceptors (Lipinski definition) is 4. The lowest BCUT2D eigenvalue weighted by molar-refractivity contribution is -0.140. The summed E-state index contributed by atoms with van der Waals surface area (Å²) in [5.74, 6) is -0.797. The Morgan fingerprint density at radius 1 is 0.927 bits per heavy atom. The number of carbonyl (C=O) groups is 2. The molecule has 0 bridgehead atoms. The van der Waals surface area contributed by atoms with Crippen molar-refractivity contribution in [1.82, 2.24) is 10.2 Å². The van der Waals surface area contributed by atoms with Crippen LogP contribution in [0.1, 0.15) is 50.8 Å². The first-order valence-corrected chi connectivity index (χ1v) is 16.0. The minimum absolute atomic E-state index is 0.0804. The van der Waals surface area contributed by atoms with Gasteiger partial charge in [-0.25, -0.2) is 8.42 Å². The van der Waals surface area contributed by atoms with Gasteiger partial charge in [0.15, 0.2) is 0 Å². The van der Waals surface area contributed by atoms with Crippen LogP contribution in [0.5, 0.6) is 0 Å². The third-order valence-corrected chi connectivity index (χ3v) is 8.14. The summed E-state index contributed by atoms with van der Waals surface area (Å²) in [7, 11) is -3.83. The molecule has 0 heterocycles. The number of benzene rings is 3. The second kappa shape index (κ2) is 14.0. The largest absolute Gasteiger partial charge is 0.354 e. The highest BCUT2D eigenvalue weighted by Gasteiger charge is 2.33. The minimum atomic E-state index is -3.83. The van der Waals surface area contributed by atoms with E-state index in [9.17, 15) is 18.0 Å². The number of nitrogens with zero attached hydrogens (tertiary/aromatic N) is 2. The molecule has 3 rings (SSSR count). The molecule has 0 radical (unpaired) electrons. The molecule has 9 heteroatoms. The van der Waals surface area contributed by atoms with Gasteiger partial charge in [0, 0.05) is 24.5 Å². The van der Waals surface area contributed by atoms with Crippen molar-refractivity contribution in [2.24, 2.45) is 0 Å². The zero-order chi connectivity index (χ0) is 30.2. The summed E-state index contributed by atoms with van der Waals surface area (Å²) >= 11 is 6.25. The Morgan fingerprint density at radius 3 is 2.12 bits per heavy atom. The van der Waals surface area contributed by atoms with Crippen LogP contribution in [-0.4, -0.2) is 50.5 Å². The van der Waals surface area contributed by atoms with Crippen molar-refractivity contribution in [3.05, 3.63) is 101 Å². The molecule has 0 aromatic heterocycles. The van der Waals surface area contributed by atoms with Crippen molar-refractivity contribution >= 4 is 39.1 Å². The Hall–Kier alpha value is -3.36. The van der Waals surface area contributed by atoms with Gasteiger partial charge in [0.05, 0.1) is 11.9 Å². The van der Waals surface area contributed by atoms with Crippen LogP contribution in [-0.2, 0) is 38.0 Å². The number of anilines is 1. The second-order valence-corrected chi connectivity index (χ2v) is 13.6. The molecule has 0 saturated carbocycles. The molecular weight excluding hydrogens is 558 g/mol. The molecule has 0 aliphatic carbocycles. The normalized spacial score (nSPS) is 12.4. The fourth-order valence-corrected chi connectivity index (χ4v) is 5.56. The molecule has 41 heavy (non-hydrogen) atoms. The fourth-order valence-electron chi connectivity index (χ4n) is 4.49. The third-order valence-electron chi connectivity index (χ3n) is 6.76. The second-order valence-electron chi connectivity index (χ2n) is 11.2. The predicted octanol–water partition coefficient (Wildman–Crippen LogP) is 5.57. The lowest BCUT2D eigenvalue weighted by atomic mass is 9.87. The van der Waals surface area contributed by atoms with Gasteiger partial charge in [0.1, 0.15) is 12.6 Å². The maximum absolute atomic E-state index is 14.1. The summed E-state index contributed by atoms with van der Waals surface area (Å²) in [6.07, 6.45) is 2.08. The van der Waals surface area contributed by atoms with Crippen LogP contribution in [0.2, 0.25) is 5.02 Å². The van der Waals surface area contributed by atoms with Crippen molar-refractivity contribution in [3.63, 3.8) is 0 Å². The maximum Gasteiger partial charge on any atom is 0.244 e. The monoisotopic (exact) mass is 597 g/mol. The number of carbonyl (C=O) groups excluding carboxylic acids is 2. The van der Waals surface area contributed by atoms with Crippen molar-refractivity contribution in [3.8, 4) is 0 Å². The number of nitrogens with one attached hydrogen (secondary N) is 1. The van der Waals surface area contributed by atoms with E-state index < -0.39 is 28.5 Å². The summed E-state index contributed by atoms with van der Waals surface area (Å²) in [4.78, 5) is 29.1. The van der Waals surface area contributed by atoms with Crippen LogP contribution >= 0.6 is 11.6 Å². The van der Waals surface area contributed by atoms with E-state index in [-0.39, 0.29) is 24.3 Å². The highest BCUT2D eigenvalue weighted by molar-refractivity contribution is 7.92. The summed E-state index contributed by atoms with van der Waals surface area (Å²) in [5.41, 5.74) is 2.92. The zero-order valence-corrected chi connectivity index (χ0v) is 26.0. The van der Waals surface area contributed by atoms with Crippen LogP contribution in [0.25, 0.3) is 0 Å². The van der Waals surface area contributed by atoms with E-state index in [2.05, 4.69) is 26.1 Å². The van der Waals surface area contributed by atoms with Gasteiger partial charge in [-0.3, -0.25) is 13.9 Å².